The maximum Gasteiger partial charge on any atom is 0.433 e. The van der Waals surface area contributed by atoms with Crippen molar-refractivity contribution in [2.45, 2.75) is 76.5 Å². The number of alkyl halides is 3. The summed E-state index contributed by atoms with van der Waals surface area (Å²) in [6.45, 7) is 3.66. The zero-order valence-corrected chi connectivity index (χ0v) is 21.8. The Hall–Kier alpha value is -3.87. The van der Waals surface area contributed by atoms with Gasteiger partial charge in [0.15, 0.2) is 29.2 Å². The summed E-state index contributed by atoms with van der Waals surface area (Å²) in [6.07, 6.45) is 0.562. The zero-order valence-electron chi connectivity index (χ0n) is 21.8. The zero-order chi connectivity index (χ0) is 28.2. The smallest absolute Gasteiger partial charge is 0.433 e. The van der Waals surface area contributed by atoms with Gasteiger partial charge in [-0.25, -0.2) is 14.2 Å². The van der Waals surface area contributed by atoms with Crippen LogP contribution in [-0.2, 0) is 10.9 Å². The van der Waals surface area contributed by atoms with Crippen LogP contribution in [0, 0.1) is 5.82 Å². The summed E-state index contributed by atoms with van der Waals surface area (Å²) in [5.41, 5.74) is -0.126. The second kappa shape index (κ2) is 9.95. The first-order chi connectivity index (χ1) is 19.1. The van der Waals surface area contributed by atoms with Crippen molar-refractivity contribution in [3.8, 4) is 11.5 Å². The molecule has 212 valence electrons. The predicted molar refractivity (Wildman–Crippen MR) is 138 cm³/mol. The molecule has 1 aromatic carbocycles. The highest BCUT2D eigenvalue weighted by atomic mass is 19.4. The van der Waals surface area contributed by atoms with Gasteiger partial charge in [0.25, 0.3) is 0 Å². The SMILES string of the molecule is CC(C)n1c(=O)[nH]c2nccc(Oc3ccc(NC4OC4c4cnn(C5CCCCC5)c4C(F)(F)F)cc3F)c21. The predicted octanol–water partition coefficient (Wildman–Crippen LogP) is 6.47. The standard InChI is InChI=1S/C27H28F4N6O3/c1-14(2)36-21-20(10-11-32-24(21)35-26(36)38)39-19-9-8-15(12-18(19)28)34-25-22(40-25)17-13-33-37(23(17)27(29,30)31)16-6-4-3-5-7-16/h8-14,16,22,25,34H,3-7H2,1-2H3,(H,32,35,38). The number of pyridine rings is 1. The Bertz CT molecular complexity index is 1600. The summed E-state index contributed by atoms with van der Waals surface area (Å²) in [5.74, 6) is -0.553. The lowest BCUT2D eigenvalue weighted by molar-refractivity contribution is -0.146. The van der Waals surface area contributed by atoms with E-state index in [1.165, 1.54) is 41.2 Å². The third kappa shape index (κ3) is 4.82. The Morgan fingerprint density at radius 1 is 1.15 bits per heavy atom. The van der Waals surface area contributed by atoms with Crippen LogP contribution in [-0.4, -0.2) is 30.5 Å². The molecular formula is C27H28F4N6O3. The molecule has 0 bridgehead atoms. The van der Waals surface area contributed by atoms with Gasteiger partial charge in [-0.15, -0.1) is 0 Å². The molecule has 0 radical (unpaired) electrons. The number of aromatic amines is 1. The number of H-pyrrole nitrogens is 1. The summed E-state index contributed by atoms with van der Waals surface area (Å²) in [6, 6.07) is 5.17. The van der Waals surface area contributed by atoms with Crippen LogP contribution in [0.1, 0.15) is 75.4 Å². The molecule has 1 saturated heterocycles. The quantitative estimate of drug-likeness (QED) is 0.199. The van der Waals surface area contributed by atoms with Crippen molar-refractivity contribution in [3.63, 3.8) is 0 Å². The van der Waals surface area contributed by atoms with Gasteiger partial charge in [0.1, 0.15) is 17.3 Å². The maximum absolute atomic E-state index is 15.1. The number of aromatic nitrogens is 5. The van der Waals surface area contributed by atoms with Crippen molar-refractivity contribution in [1.82, 2.24) is 24.3 Å². The van der Waals surface area contributed by atoms with Gasteiger partial charge in [-0.05, 0) is 38.8 Å². The molecule has 4 aromatic rings. The van der Waals surface area contributed by atoms with E-state index in [4.69, 9.17) is 9.47 Å². The molecule has 40 heavy (non-hydrogen) atoms. The van der Waals surface area contributed by atoms with Gasteiger partial charge in [-0.2, -0.15) is 18.3 Å². The fraction of sp³-hybridized carbons (Fsp3) is 0.444. The number of hydrogen-bond acceptors (Lipinski definition) is 6. The van der Waals surface area contributed by atoms with E-state index in [1.807, 2.05) is 13.8 Å². The van der Waals surface area contributed by atoms with Crippen molar-refractivity contribution in [2.24, 2.45) is 0 Å². The van der Waals surface area contributed by atoms with E-state index in [9.17, 15) is 18.0 Å². The minimum absolute atomic E-state index is 0.0274. The van der Waals surface area contributed by atoms with Gasteiger partial charge in [-0.1, -0.05) is 19.3 Å². The van der Waals surface area contributed by atoms with Crippen LogP contribution in [0.15, 0.2) is 41.5 Å². The highest BCUT2D eigenvalue weighted by Gasteiger charge is 2.49. The van der Waals surface area contributed by atoms with Crippen molar-refractivity contribution in [2.75, 3.05) is 5.32 Å². The van der Waals surface area contributed by atoms with Crippen LogP contribution in [0.25, 0.3) is 11.2 Å². The normalized spacial score (nSPS) is 19.9. The summed E-state index contributed by atoms with van der Waals surface area (Å²) in [4.78, 5) is 19.2. The Kier molecular flexibility index (Phi) is 6.56. The molecule has 0 spiro atoms. The fourth-order valence-electron chi connectivity index (χ4n) is 5.49. The van der Waals surface area contributed by atoms with Gasteiger partial charge in [0, 0.05) is 35.6 Å². The molecule has 6 rings (SSSR count). The highest BCUT2D eigenvalue weighted by Crippen LogP contribution is 2.46. The monoisotopic (exact) mass is 560 g/mol. The van der Waals surface area contributed by atoms with E-state index in [-0.39, 0.29) is 34.8 Å². The number of imidazole rings is 1. The molecule has 2 fully saturated rings. The van der Waals surface area contributed by atoms with Crippen LogP contribution >= 0.6 is 0 Å². The van der Waals surface area contributed by atoms with Crippen molar-refractivity contribution in [3.05, 3.63) is 64.2 Å². The van der Waals surface area contributed by atoms with Gasteiger partial charge in [0.05, 0.1) is 12.2 Å². The number of ether oxygens (including phenoxy) is 2. The molecule has 3 aromatic heterocycles. The largest absolute Gasteiger partial charge is 0.452 e. The Labute approximate surface area is 226 Å². The molecule has 1 saturated carbocycles. The first-order valence-corrected chi connectivity index (χ1v) is 13.2. The van der Waals surface area contributed by atoms with Crippen LogP contribution < -0.4 is 15.7 Å². The van der Waals surface area contributed by atoms with Crippen LogP contribution in [0.5, 0.6) is 11.5 Å². The van der Waals surface area contributed by atoms with Gasteiger partial charge in [-0.3, -0.25) is 14.2 Å². The van der Waals surface area contributed by atoms with Crippen molar-refractivity contribution in [1.29, 1.82) is 0 Å². The lowest BCUT2D eigenvalue weighted by Gasteiger charge is -2.24. The average molecular weight is 561 g/mol. The van der Waals surface area contributed by atoms with Gasteiger partial charge in [0.2, 0.25) is 0 Å². The lowest BCUT2D eigenvalue weighted by Crippen LogP contribution is -2.22. The Balaban J connectivity index is 1.19. The molecular weight excluding hydrogens is 532 g/mol. The number of fused-ring (bicyclic) bond motifs is 1. The number of nitrogens with zero attached hydrogens (tertiary/aromatic N) is 4. The Morgan fingerprint density at radius 3 is 2.62 bits per heavy atom. The molecule has 1 aliphatic carbocycles. The molecule has 9 nitrogen and oxygen atoms in total. The van der Waals surface area contributed by atoms with E-state index in [2.05, 4.69) is 20.4 Å². The summed E-state index contributed by atoms with van der Waals surface area (Å²) >= 11 is 0. The first-order valence-electron chi connectivity index (χ1n) is 13.2. The number of anilines is 1. The van der Waals surface area contributed by atoms with Crippen LogP contribution in [0.3, 0.4) is 0 Å². The van der Waals surface area contributed by atoms with Gasteiger partial charge >= 0.3 is 11.9 Å². The molecule has 2 aliphatic rings. The number of epoxide rings is 1. The minimum Gasteiger partial charge on any atom is -0.452 e. The fourth-order valence-corrected chi connectivity index (χ4v) is 5.49. The lowest BCUT2D eigenvalue weighted by atomic mass is 9.95. The molecule has 1 aliphatic heterocycles. The third-order valence-corrected chi connectivity index (χ3v) is 7.36. The van der Waals surface area contributed by atoms with E-state index in [0.717, 1.165) is 23.9 Å². The summed E-state index contributed by atoms with van der Waals surface area (Å²) in [5, 5.41) is 7.04. The van der Waals surface area contributed by atoms with Gasteiger partial charge < -0.3 is 14.8 Å². The first kappa shape index (κ1) is 26.4. The summed E-state index contributed by atoms with van der Waals surface area (Å²) in [7, 11) is 0. The number of rotatable bonds is 7. The molecule has 4 heterocycles. The number of halogens is 4. The van der Waals surface area contributed by atoms with Crippen molar-refractivity contribution >= 4 is 16.9 Å². The van der Waals surface area contributed by atoms with E-state index in [1.54, 1.807) is 0 Å². The average Bonchev–Trinajstić information content (AvgIpc) is 3.34. The number of nitrogens with one attached hydrogen (secondary N) is 2. The third-order valence-electron chi connectivity index (χ3n) is 7.36. The molecule has 2 unspecified atom stereocenters. The van der Waals surface area contributed by atoms with Crippen LogP contribution in [0.4, 0.5) is 23.2 Å². The number of benzene rings is 1. The minimum atomic E-state index is -4.58. The van der Waals surface area contributed by atoms with E-state index in [0.29, 0.717) is 29.7 Å². The van der Waals surface area contributed by atoms with E-state index >= 15 is 4.39 Å². The van der Waals surface area contributed by atoms with Crippen molar-refractivity contribution < 1.29 is 27.0 Å². The topological polar surface area (TPSA) is 102 Å². The second-order valence-electron chi connectivity index (χ2n) is 10.5. The maximum atomic E-state index is 15.1. The Morgan fingerprint density at radius 2 is 1.93 bits per heavy atom. The highest BCUT2D eigenvalue weighted by molar-refractivity contribution is 5.78. The van der Waals surface area contributed by atoms with E-state index < -0.39 is 30.0 Å². The molecule has 2 N–H and O–H groups in total. The summed E-state index contributed by atoms with van der Waals surface area (Å²) < 4.78 is 71.2. The second-order valence-corrected chi connectivity index (χ2v) is 10.5. The van der Waals surface area contributed by atoms with Crippen LogP contribution in [0.2, 0.25) is 0 Å². The molecule has 2 atom stereocenters. The number of hydrogen-bond donors (Lipinski definition) is 2. The molecule has 0 amide bonds. The molecule has 13 heteroatoms.